The van der Waals surface area contributed by atoms with Crippen LogP contribution in [0, 0.1) is 11.3 Å². The number of aliphatic hydroxyl groups excluding tert-OH is 1. The van der Waals surface area contributed by atoms with Gasteiger partial charge in [0.1, 0.15) is 5.76 Å². The molecule has 1 fully saturated rings. The fraction of sp³-hybridized carbons (Fsp3) is 0.400. The molecule has 2 aliphatic heterocycles. The summed E-state index contributed by atoms with van der Waals surface area (Å²) in [5, 5.41) is 20.0. The van der Waals surface area contributed by atoms with Crippen molar-refractivity contribution in [2.75, 3.05) is 0 Å². The van der Waals surface area contributed by atoms with E-state index in [2.05, 4.69) is 37.0 Å². The van der Waals surface area contributed by atoms with Crippen molar-refractivity contribution >= 4 is 22.5 Å². The van der Waals surface area contributed by atoms with Crippen molar-refractivity contribution < 1.29 is 9.90 Å². The molecule has 5 nitrogen and oxygen atoms in total. The van der Waals surface area contributed by atoms with Gasteiger partial charge >= 0.3 is 0 Å². The number of hydrogen-bond acceptors (Lipinski definition) is 3. The molecule has 1 aromatic heterocycles. The Morgan fingerprint density at radius 1 is 1.40 bits per heavy atom. The van der Waals surface area contributed by atoms with E-state index in [0.29, 0.717) is 0 Å². The molecule has 1 aromatic carbocycles. The number of fused-ring (bicyclic) bond motifs is 4. The van der Waals surface area contributed by atoms with Crippen LogP contribution in [0.5, 0.6) is 0 Å². The van der Waals surface area contributed by atoms with E-state index >= 15 is 0 Å². The van der Waals surface area contributed by atoms with Crippen molar-refractivity contribution in [3.63, 3.8) is 0 Å². The van der Waals surface area contributed by atoms with Crippen LogP contribution in [0.15, 0.2) is 35.7 Å². The molecule has 5 heteroatoms. The predicted molar refractivity (Wildman–Crippen MR) is 96.0 cm³/mol. The van der Waals surface area contributed by atoms with Crippen LogP contribution >= 0.6 is 0 Å². The van der Waals surface area contributed by atoms with Crippen LogP contribution < -0.4 is 0 Å². The zero-order chi connectivity index (χ0) is 17.7. The Morgan fingerprint density at radius 3 is 2.88 bits per heavy atom. The summed E-state index contributed by atoms with van der Waals surface area (Å²) in [4.78, 5) is 18.2. The van der Waals surface area contributed by atoms with Crippen molar-refractivity contribution in [1.82, 2.24) is 9.88 Å². The number of benzene rings is 1. The van der Waals surface area contributed by atoms with E-state index in [9.17, 15) is 9.90 Å². The summed E-state index contributed by atoms with van der Waals surface area (Å²) >= 11 is 0. The Labute approximate surface area is 145 Å². The van der Waals surface area contributed by atoms with Crippen molar-refractivity contribution in [1.29, 1.82) is 5.41 Å². The molecule has 1 saturated heterocycles. The fourth-order valence-electron chi connectivity index (χ4n) is 5.49. The number of H-pyrrole nitrogens is 1. The molecule has 0 unspecified atom stereocenters. The molecule has 3 N–H and O–H groups in total. The summed E-state index contributed by atoms with van der Waals surface area (Å²) in [7, 11) is 0. The molecule has 1 aliphatic carbocycles. The van der Waals surface area contributed by atoms with Crippen LogP contribution in [0.1, 0.15) is 37.8 Å². The van der Waals surface area contributed by atoms with Crippen molar-refractivity contribution in [3.05, 3.63) is 46.9 Å². The van der Waals surface area contributed by atoms with E-state index in [0.717, 1.165) is 11.9 Å². The van der Waals surface area contributed by atoms with E-state index in [1.807, 2.05) is 11.1 Å². The number of hydrogen-bond donors (Lipinski definition) is 3. The number of carbonyl (C=O) groups is 1. The zero-order valence-electron chi connectivity index (χ0n) is 14.6. The highest BCUT2D eigenvalue weighted by atomic mass is 16.3. The summed E-state index contributed by atoms with van der Waals surface area (Å²) < 4.78 is 0. The highest BCUT2D eigenvalue weighted by Gasteiger charge is 2.62. The summed E-state index contributed by atoms with van der Waals surface area (Å²) in [5.74, 6) is 0.168. The van der Waals surface area contributed by atoms with Gasteiger partial charge in [0.25, 0.3) is 5.91 Å². The number of carbonyl (C=O) groups excluding carboxylic acids is 1. The largest absolute Gasteiger partial charge is 0.509 e. The molecule has 0 spiro atoms. The van der Waals surface area contributed by atoms with Crippen LogP contribution in [0.2, 0.25) is 0 Å². The van der Waals surface area contributed by atoms with Crippen LogP contribution in [-0.4, -0.2) is 38.2 Å². The van der Waals surface area contributed by atoms with Gasteiger partial charge in [0.05, 0.1) is 11.6 Å². The average Bonchev–Trinajstić information content (AvgIpc) is 3.14. The molecule has 2 aromatic rings. The van der Waals surface area contributed by atoms with Crippen LogP contribution in [0.25, 0.3) is 10.9 Å². The first-order chi connectivity index (χ1) is 11.8. The van der Waals surface area contributed by atoms with E-state index in [1.165, 1.54) is 16.5 Å². The molecule has 3 aliphatic rings. The van der Waals surface area contributed by atoms with Crippen LogP contribution in [-0.2, 0) is 11.2 Å². The third kappa shape index (κ3) is 1.54. The third-order valence-electron chi connectivity index (χ3n) is 6.55. The number of aromatic amines is 1. The standard InChI is InChI=1S/C20H21N3O2/c1-9(21)14-18(24)17-16-11-8-22-13-6-4-5-10(15(11)13)7-12(16)20(2,3)23(17)19(14)25/h4-6,8,12,16-17,21-22,24H,7H2,1-3H3/t12-,16+,17+/m0/s1. The lowest BCUT2D eigenvalue weighted by Gasteiger charge is -2.37. The second-order valence-corrected chi connectivity index (χ2v) is 8.08. The zero-order valence-corrected chi connectivity index (χ0v) is 14.6. The number of rotatable bonds is 1. The van der Waals surface area contributed by atoms with E-state index in [-0.39, 0.29) is 46.4 Å². The maximum Gasteiger partial charge on any atom is 0.260 e. The fourth-order valence-corrected chi connectivity index (χ4v) is 5.49. The lowest BCUT2D eigenvalue weighted by atomic mass is 9.69. The Kier molecular flexibility index (Phi) is 2.56. The summed E-state index contributed by atoms with van der Waals surface area (Å²) in [6.07, 6.45) is 2.93. The molecule has 0 bridgehead atoms. The van der Waals surface area contributed by atoms with Gasteiger partial charge in [-0.2, -0.15) is 0 Å². The quantitative estimate of drug-likeness (QED) is 0.699. The summed E-state index contributed by atoms with van der Waals surface area (Å²) in [6, 6.07) is 5.94. The Bertz CT molecular complexity index is 998. The molecule has 25 heavy (non-hydrogen) atoms. The van der Waals surface area contributed by atoms with Gasteiger partial charge in [0.2, 0.25) is 0 Å². The van der Waals surface area contributed by atoms with Gasteiger partial charge in [-0.25, -0.2) is 0 Å². The van der Waals surface area contributed by atoms with Crippen LogP contribution in [0.4, 0.5) is 0 Å². The van der Waals surface area contributed by atoms with Gasteiger partial charge in [-0.1, -0.05) is 12.1 Å². The lowest BCUT2D eigenvalue weighted by molar-refractivity contribution is -0.130. The summed E-state index contributed by atoms with van der Waals surface area (Å²) in [6.45, 7) is 5.76. The Morgan fingerprint density at radius 2 is 2.16 bits per heavy atom. The van der Waals surface area contributed by atoms with Gasteiger partial charge in [-0.05, 0) is 50.3 Å². The number of nitrogens with one attached hydrogen (secondary N) is 2. The molecular formula is C20H21N3O2. The molecule has 128 valence electrons. The minimum Gasteiger partial charge on any atom is -0.509 e. The molecular weight excluding hydrogens is 314 g/mol. The second-order valence-electron chi connectivity index (χ2n) is 8.08. The Balaban J connectivity index is 1.78. The second kappa shape index (κ2) is 4.34. The normalized spacial score (nSPS) is 29.3. The highest BCUT2D eigenvalue weighted by molar-refractivity contribution is 6.22. The molecule has 5 rings (SSSR count). The SMILES string of the molecule is CC(=N)C1=C(O)[C@H]2[C@@H]3c4c[nH]c5cccc(c45)C[C@@H]3C(C)(C)N2C1=O. The van der Waals surface area contributed by atoms with Gasteiger partial charge in [0, 0.05) is 34.3 Å². The third-order valence-corrected chi connectivity index (χ3v) is 6.55. The van der Waals surface area contributed by atoms with E-state index < -0.39 is 0 Å². The molecule has 0 radical (unpaired) electrons. The monoisotopic (exact) mass is 335 g/mol. The van der Waals surface area contributed by atoms with Gasteiger partial charge in [-0.3, -0.25) is 4.79 Å². The first-order valence-electron chi connectivity index (χ1n) is 8.75. The first-order valence-corrected chi connectivity index (χ1v) is 8.75. The Hall–Kier alpha value is -2.56. The van der Waals surface area contributed by atoms with Crippen molar-refractivity contribution in [3.8, 4) is 0 Å². The van der Waals surface area contributed by atoms with Crippen LogP contribution in [0.3, 0.4) is 0 Å². The number of nitrogens with zero attached hydrogens (tertiary/aromatic N) is 1. The average molecular weight is 335 g/mol. The maximum atomic E-state index is 13.0. The first kappa shape index (κ1) is 14.8. The minimum atomic E-state index is -0.380. The smallest absolute Gasteiger partial charge is 0.260 e. The van der Waals surface area contributed by atoms with Gasteiger partial charge in [0.15, 0.2) is 0 Å². The number of aromatic nitrogens is 1. The minimum absolute atomic E-state index is 0.0550. The topological polar surface area (TPSA) is 80.2 Å². The van der Waals surface area contributed by atoms with Crippen molar-refractivity contribution in [2.24, 2.45) is 5.92 Å². The molecule has 3 heterocycles. The van der Waals surface area contributed by atoms with E-state index in [4.69, 9.17) is 5.41 Å². The van der Waals surface area contributed by atoms with Gasteiger partial charge in [-0.15, -0.1) is 0 Å². The molecule has 1 amide bonds. The number of aliphatic hydroxyl groups is 1. The summed E-state index contributed by atoms with van der Waals surface area (Å²) in [5.41, 5.74) is 3.55. The molecule has 0 saturated carbocycles. The lowest BCUT2D eigenvalue weighted by Crippen LogP contribution is -2.47. The predicted octanol–water partition coefficient (Wildman–Crippen LogP) is 3.28. The maximum absolute atomic E-state index is 13.0. The van der Waals surface area contributed by atoms with Crippen molar-refractivity contribution in [2.45, 2.75) is 44.7 Å². The van der Waals surface area contributed by atoms with E-state index in [1.54, 1.807) is 6.92 Å². The van der Waals surface area contributed by atoms with Gasteiger partial charge < -0.3 is 20.4 Å². The molecule has 3 atom stereocenters. The number of amides is 1. The highest BCUT2D eigenvalue weighted by Crippen LogP contribution is 2.58.